The molecule has 0 radical (unpaired) electrons. The third-order valence-corrected chi connectivity index (χ3v) is 3.71. The minimum atomic E-state index is -0.246. The Morgan fingerprint density at radius 3 is 2.86 bits per heavy atom. The number of aromatic nitrogens is 1. The maximum atomic E-state index is 13.2. The SMILES string of the molecule is Nc1cnc2ccc(Br)cc2c1NCc1cccc(F)c1. The number of nitrogens with one attached hydrogen (secondary N) is 1. The van der Waals surface area contributed by atoms with Crippen molar-refractivity contribution < 1.29 is 4.39 Å². The van der Waals surface area contributed by atoms with Gasteiger partial charge in [0.15, 0.2) is 0 Å². The molecule has 1 heterocycles. The molecule has 3 N–H and O–H groups in total. The van der Waals surface area contributed by atoms with Crippen LogP contribution in [0.4, 0.5) is 15.8 Å². The predicted molar refractivity (Wildman–Crippen MR) is 87.6 cm³/mol. The number of pyridine rings is 1. The summed E-state index contributed by atoms with van der Waals surface area (Å²) in [6, 6.07) is 12.3. The van der Waals surface area contributed by atoms with Crippen molar-refractivity contribution in [3.05, 3.63) is 64.5 Å². The van der Waals surface area contributed by atoms with Crippen LogP contribution in [0.2, 0.25) is 0 Å². The molecule has 0 aliphatic carbocycles. The van der Waals surface area contributed by atoms with Crippen LogP contribution in [0.3, 0.4) is 0 Å². The Morgan fingerprint density at radius 1 is 1.19 bits per heavy atom. The van der Waals surface area contributed by atoms with Crippen molar-refractivity contribution in [1.29, 1.82) is 0 Å². The van der Waals surface area contributed by atoms with Crippen LogP contribution in [0.25, 0.3) is 10.9 Å². The Bertz CT molecular complexity index is 799. The molecule has 3 aromatic rings. The molecular formula is C16H13BrFN3. The van der Waals surface area contributed by atoms with Gasteiger partial charge < -0.3 is 11.1 Å². The molecule has 0 unspecified atom stereocenters. The van der Waals surface area contributed by atoms with E-state index in [1.54, 1.807) is 12.3 Å². The van der Waals surface area contributed by atoms with Gasteiger partial charge in [-0.15, -0.1) is 0 Å². The maximum Gasteiger partial charge on any atom is 0.123 e. The summed E-state index contributed by atoms with van der Waals surface area (Å²) in [4.78, 5) is 4.31. The van der Waals surface area contributed by atoms with E-state index in [1.807, 2.05) is 24.3 Å². The van der Waals surface area contributed by atoms with Crippen LogP contribution in [-0.4, -0.2) is 4.98 Å². The molecule has 0 aliphatic rings. The van der Waals surface area contributed by atoms with Gasteiger partial charge in [0.05, 0.1) is 23.1 Å². The Morgan fingerprint density at radius 2 is 2.05 bits per heavy atom. The molecular weight excluding hydrogens is 333 g/mol. The van der Waals surface area contributed by atoms with Crippen molar-refractivity contribution in [2.45, 2.75) is 6.54 Å². The Hall–Kier alpha value is -2.14. The Balaban J connectivity index is 1.96. The van der Waals surface area contributed by atoms with Crippen molar-refractivity contribution >= 4 is 38.2 Å². The molecule has 0 bridgehead atoms. The molecule has 0 saturated carbocycles. The highest BCUT2D eigenvalue weighted by Crippen LogP contribution is 2.30. The summed E-state index contributed by atoms with van der Waals surface area (Å²) >= 11 is 3.45. The van der Waals surface area contributed by atoms with Crippen LogP contribution in [0.5, 0.6) is 0 Å². The fourth-order valence-electron chi connectivity index (χ4n) is 2.21. The van der Waals surface area contributed by atoms with Crippen LogP contribution in [-0.2, 0) is 6.54 Å². The summed E-state index contributed by atoms with van der Waals surface area (Å²) in [5.41, 5.74) is 9.11. The summed E-state index contributed by atoms with van der Waals surface area (Å²) in [6.45, 7) is 0.494. The van der Waals surface area contributed by atoms with E-state index in [2.05, 4.69) is 26.2 Å². The minimum Gasteiger partial charge on any atom is -0.396 e. The lowest BCUT2D eigenvalue weighted by Crippen LogP contribution is -2.04. The zero-order valence-corrected chi connectivity index (χ0v) is 12.7. The normalized spacial score (nSPS) is 10.8. The lowest BCUT2D eigenvalue weighted by Gasteiger charge is -2.12. The molecule has 1 aromatic heterocycles. The average molecular weight is 346 g/mol. The molecule has 21 heavy (non-hydrogen) atoms. The number of nitrogens with two attached hydrogens (primary N) is 1. The number of nitrogen functional groups attached to an aromatic ring is 1. The molecule has 3 nitrogen and oxygen atoms in total. The van der Waals surface area contributed by atoms with Crippen molar-refractivity contribution in [3.63, 3.8) is 0 Å². The van der Waals surface area contributed by atoms with Crippen LogP contribution in [0, 0.1) is 5.82 Å². The van der Waals surface area contributed by atoms with E-state index in [-0.39, 0.29) is 5.82 Å². The number of hydrogen-bond donors (Lipinski definition) is 2. The third-order valence-electron chi connectivity index (χ3n) is 3.22. The first-order valence-electron chi connectivity index (χ1n) is 6.45. The fourth-order valence-corrected chi connectivity index (χ4v) is 2.58. The Labute approximate surface area is 130 Å². The quantitative estimate of drug-likeness (QED) is 0.742. The highest BCUT2D eigenvalue weighted by molar-refractivity contribution is 9.10. The second kappa shape index (κ2) is 5.69. The lowest BCUT2D eigenvalue weighted by atomic mass is 10.1. The summed E-state index contributed by atoms with van der Waals surface area (Å²) in [6.07, 6.45) is 1.63. The average Bonchev–Trinajstić information content (AvgIpc) is 2.46. The van der Waals surface area contributed by atoms with Crippen molar-refractivity contribution in [3.8, 4) is 0 Å². The van der Waals surface area contributed by atoms with Gasteiger partial charge in [-0.25, -0.2) is 4.39 Å². The molecule has 0 aliphatic heterocycles. The van der Waals surface area contributed by atoms with Crippen LogP contribution < -0.4 is 11.1 Å². The number of hydrogen-bond acceptors (Lipinski definition) is 3. The highest BCUT2D eigenvalue weighted by Gasteiger charge is 2.07. The second-order valence-electron chi connectivity index (χ2n) is 4.73. The molecule has 2 aromatic carbocycles. The van der Waals surface area contributed by atoms with Crippen LogP contribution >= 0.6 is 15.9 Å². The minimum absolute atomic E-state index is 0.246. The van der Waals surface area contributed by atoms with Gasteiger partial charge in [0.25, 0.3) is 0 Å². The van der Waals surface area contributed by atoms with Crippen molar-refractivity contribution in [2.24, 2.45) is 0 Å². The van der Waals surface area contributed by atoms with E-state index >= 15 is 0 Å². The molecule has 0 fully saturated rings. The second-order valence-corrected chi connectivity index (χ2v) is 5.65. The van der Waals surface area contributed by atoms with Crippen LogP contribution in [0.1, 0.15) is 5.56 Å². The largest absolute Gasteiger partial charge is 0.396 e. The van der Waals surface area contributed by atoms with E-state index in [1.165, 1.54) is 12.1 Å². The van der Waals surface area contributed by atoms with Gasteiger partial charge in [-0.05, 0) is 35.9 Å². The van der Waals surface area contributed by atoms with Crippen molar-refractivity contribution in [2.75, 3.05) is 11.1 Å². The molecule has 5 heteroatoms. The van der Waals surface area contributed by atoms with Gasteiger partial charge in [0.1, 0.15) is 5.82 Å². The van der Waals surface area contributed by atoms with Gasteiger partial charge in [0, 0.05) is 16.4 Å². The number of rotatable bonds is 3. The topological polar surface area (TPSA) is 50.9 Å². The number of fused-ring (bicyclic) bond motifs is 1. The van der Waals surface area contributed by atoms with Gasteiger partial charge in [-0.3, -0.25) is 4.98 Å². The molecule has 0 spiro atoms. The maximum absolute atomic E-state index is 13.2. The smallest absolute Gasteiger partial charge is 0.123 e. The summed E-state index contributed by atoms with van der Waals surface area (Å²) in [5, 5.41) is 4.21. The van der Waals surface area contributed by atoms with E-state index in [4.69, 9.17) is 5.73 Å². The summed E-state index contributed by atoms with van der Waals surface area (Å²) < 4.78 is 14.2. The van der Waals surface area contributed by atoms with Gasteiger partial charge in [0.2, 0.25) is 0 Å². The zero-order chi connectivity index (χ0) is 14.8. The number of anilines is 2. The molecule has 3 rings (SSSR count). The Kier molecular flexibility index (Phi) is 3.75. The van der Waals surface area contributed by atoms with E-state index in [9.17, 15) is 4.39 Å². The predicted octanol–water partition coefficient (Wildman–Crippen LogP) is 4.33. The lowest BCUT2D eigenvalue weighted by molar-refractivity contribution is 0.626. The van der Waals surface area contributed by atoms with Gasteiger partial charge in [-0.1, -0.05) is 28.1 Å². The zero-order valence-electron chi connectivity index (χ0n) is 11.1. The first-order chi connectivity index (χ1) is 10.1. The highest BCUT2D eigenvalue weighted by atomic mass is 79.9. The van der Waals surface area contributed by atoms with Gasteiger partial charge >= 0.3 is 0 Å². The monoisotopic (exact) mass is 345 g/mol. The number of nitrogens with zero attached hydrogens (tertiary/aromatic N) is 1. The first kappa shape index (κ1) is 13.8. The molecule has 0 atom stereocenters. The van der Waals surface area contributed by atoms with Crippen LogP contribution in [0.15, 0.2) is 53.1 Å². The van der Waals surface area contributed by atoms with Gasteiger partial charge in [-0.2, -0.15) is 0 Å². The summed E-state index contributed by atoms with van der Waals surface area (Å²) in [7, 11) is 0. The number of benzene rings is 2. The molecule has 106 valence electrons. The third kappa shape index (κ3) is 2.97. The van der Waals surface area contributed by atoms with E-state index in [0.29, 0.717) is 12.2 Å². The first-order valence-corrected chi connectivity index (χ1v) is 7.25. The fraction of sp³-hybridized carbons (Fsp3) is 0.0625. The summed E-state index contributed by atoms with van der Waals surface area (Å²) in [5.74, 6) is -0.246. The molecule has 0 saturated heterocycles. The molecule has 0 amide bonds. The van der Waals surface area contributed by atoms with E-state index < -0.39 is 0 Å². The standard InChI is InChI=1S/C16H13BrFN3/c17-11-4-5-15-13(7-11)16(14(19)9-20-15)21-8-10-2-1-3-12(18)6-10/h1-7,9H,8,19H2,(H,20,21). The number of halogens is 2. The van der Waals surface area contributed by atoms with Crippen molar-refractivity contribution in [1.82, 2.24) is 4.98 Å². The van der Waals surface area contributed by atoms with E-state index in [0.717, 1.165) is 26.6 Å².